The molecule has 0 aliphatic rings. The fourth-order valence-corrected chi connectivity index (χ4v) is 2.13. The topological polar surface area (TPSA) is 55.8 Å². The largest absolute Gasteiger partial charge is 0.493 e. The first-order chi connectivity index (χ1) is 12.1. The van der Waals surface area contributed by atoms with Crippen LogP contribution < -0.4 is 4.74 Å². The lowest BCUT2D eigenvalue weighted by atomic mass is 10.2. The number of esters is 1. The Labute approximate surface area is 149 Å². The number of para-hydroxylation sites is 1. The van der Waals surface area contributed by atoms with E-state index < -0.39 is 0 Å². The van der Waals surface area contributed by atoms with Crippen molar-refractivity contribution in [2.45, 2.75) is 26.7 Å². The van der Waals surface area contributed by atoms with Crippen molar-refractivity contribution in [1.29, 1.82) is 0 Å². The van der Waals surface area contributed by atoms with Gasteiger partial charge in [0.2, 0.25) is 5.91 Å². The smallest absolute Gasteiger partial charge is 0.307 e. The minimum absolute atomic E-state index is 0.164. The number of benzene rings is 1. The third-order valence-electron chi connectivity index (χ3n) is 3.34. The highest BCUT2D eigenvalue weighted by molar-refractivity contribution is 5.92. The predicted octanol–water partition coefficient (Wildman–Crippen LogP) is 3.46. The van der Waals surface area contributed by atoms with E-state index >= 15 is 0 Å². The van der Waals surface area contributed by atoms with E-state index in [2.05, 4.69) is 6.58 Å². The Kier molecular flexibility index (Phi) is 9.75. The Morgan fingerprint density at radius 3 is 2.68 bits per heavy atom. The van der Waals surface area contributed by atoms with Gasteiger partial charge in [0.05, 0.1) is 19.6 Å². The molecule has 1 rings (SSSR count). The Balaban J connectivity index is 2.74. The first-order valence-electron chi connectivity index (χ1n) is 8.57. The molecule has 0 radical (unpaired) electrons. The van der Waals surface area contributed by atoms with Crippen molar-refractivity contribution in [3.05, 3.63) is 48.6 Å². The van der Waals surface area contributed by atoms with Crippen molar-refractivity contribution in [3.63, 3.8) is 0 Å². The van der Waals surface area contributed by atoms with E-state index in [9.17, 15) is 9.59 Å². The molecule has 0 saturated carbocycles. The summed E-state index contributed by atoms with van der Waals surface area (Å²) in [6.07, 6.45) is 5.93. The Morgan fingerprint density at radius 2 is 2.00 bits per heavy atom. The van der Waals surface area contributed by atoms with Gasteiger partial charge in [0.15, 0.2) is 0 Å². The zero-order chi connectivity index (χ0) is 18.5. The minimum Gasteiger partial charge on any atom is -0.493 e. The molecule has 0 N–H and O–H groups in total. The van der Waals surface area contributed by atoms with E-state index in [0.717, 1.165) is 17.7 Å². The monoisotopic (exact) mass is 345 g/mol. The molecular formula is C20H27NO4. The van der Waals surface area contributed by atoms with Gasteiger partial charge in [0, 0.05) is 24.7 Å². The van der Waals surface area contributed by atoms with E-state index in [0.29, 0.717) is 26.3 Å². The molecule has 5 nitrogen and oxygen atoms in total. The van der Waals surface area contributed by atoms with Crippen LogP contribution >= 0.6 is 0 Å². The molecule has 0 aromatic heterocycles. The van der Waals surface area contributed by atoms with Crippen LogP contribution in [0.1, 0.15) is 32.3 Å². The predicted molar refractivity (Wildman–Crippen MR) is 99.3 cm³/mol. The third-order valence-corrected chi connectivity index (χ3v) is 3.34. The standard InChI is InChI=1S/C20H27NO4/c1-4-14-21(15-13-20(23)24-6-3)19(22)12-11-17-9-7-8-10-18(17)25-16-5-2/h4,7-12H,1,5-6,13-16H2,2-3H3/b12-11+. The van der Waals surface area contributed by atoms with E-state index in [-0.39, 0.29) is 18.3 Å². The number of hydrogen-bond acceptors (Lipinski definition) is 4. The maximum Gasteiger partial charge on any atom is 0.307 e. The molecule has 1 aromatic rings. The highest BCUT2D eigenvalue weighted by Crippen LogP contribution is 2.19. The summed E-state index contributed by atoms with van der Waals surface area (Å²) in [5, 5.41) is 0. The number of carbonyl (C=O) groups excluding carboxylic acids is 2. The summed E-state index contributed by atoms with van der Waals surface area (Å²) in [4.78, 5) is 25.4. The number of rotatable bonds is 11. The molecule has 0 saturated heterocycles. The van der Waals surface area contributed by atoms with E-state index in [1.807, 2.05) is 31.2 Å². The van der Waals surface area contributed by atoms with E-state index in [4.69, 9.17) is 9.47 Å². The maximum absolute atomic E-state index is 12.4. The third kappa shape index (κ3) is 7.70. The van der Waals surface area contributed by atoms with Crippen LogP contribution in [0.2, 0.25) is 0 Å². The van der Waals surface area contributed by atoms with Crippen LogP contribution in [0.15, 0.2) is 43.0 Å². The molecule has 5 heteroatoms. The van der Waals surface area contributed by atoms with Crippen molar-refractivity contribution in [1.82, 2.24) is 4.90 Å². The maximum atomic E-state index is 12.4. The van der Waals surface area contributed by atoms with Gasteiger partial charge in [-0.3, -0.25) is 9.59 Å². The molecule has 0 spiro atoms. The second kappa shape index (κ2) is 11.9. The number of hydrogen-bond donors (Lipinski definition) is 0. The Morgan fingerprint density at radius 1 is 1.24 bits per heavy atom. The fourth-order valence-electron chi connectivity index (χ4n) is 2.13. The van der Waals surface area contributed by atoms with Gasteiger partial charge >= 0.3 is 5.97 Å². The average Bonchev–Trinajstić information content (AvgIpc) is 2.62. The van der Waals surface area contributed by atoms with Crippen molar-refractivity contribution < 1.29 is 19.1 Å². The minimum atomic E-state index is -0.313. The summed E-state index contributed by atoms with van der Waals surface area (Å²) in [7, 11) is 0. The van der Waals surface area contributed by atoms with E-state index in [1.54, 1.807) is 24.0 Å². The normalized spacial score (nSPS) is 10.5. The highest BCUT2D eigenvalue weighted by atomic mass is 16.5. The van der Waals surface area contributed by atoms with Gasteiger partial charge in [-0.05, 0) is 25.5 Å². The summed E-state index contributed by atoms with van der Waals surface area (Å²) < 4.78 is 10.6. The second-order valence-corrected chi connectivity index (χ2v) is 5.35. The Bertz CT molecular complexity index is 595. The van der Waals surface area contributed by atoms with Gasteiger partial charge in [-0.1, -0.05) is 31.2 Å². The number of ether oxygens (including phenoxy) is 2. The first kappa shape index (κ1) is 20.5. The summed E-state index contributed by atoms with van der Waals surface area (Å²) in [5.74, 6) is 0.247. The highest BCUT2D eigenvalue weighted by Gasteiger charge is 2.12. The van der Waals surface area contributed by atoms with Gasteiger partial charge in [0.25, 0.3) is 0 Å². The fraction of sp³-hybridized carbons (Fsp3) is 0.400. The molecule has 136 valence electrons. The van der Waals surface area contributed by atoms with Crippen LogP contribution in [0.4, 0.5) is 0 Å². The zero-order valence-corrected chi connectivity index (χ0v) is 15.1. The van der Waals surface area contributed by atoms with Crippen LogP contribution in [-0.4, -0.2) is 43.1 Å². The lowest BCUT2D eigenvalue weighted by Crippen LogP contribution is -2.32. The van der Waals surface area contributed by atoms with Crippen LogP contribution in [0.25, 0.3) is 6.08 Å². The van der Waals surface area contributed by atoms with Gasteiger partial charge < -0.3 is 14.4 Å². The molecular weight excluding hydrogens is 318 g/mol. The molecule has 0 fully saturated rings. The Hall–Kier alpha value is -2.56. The summed E-state index contributed by atoms with van der Waals surface area (Å²) in [6.45, 7) is 9.08. The average molecular weight is 345 g/mol. The van der Waals surface area contributed by atoms with Gasteiger partial charge in [-0.25, -0.2) is 0 Å². The number of amides is 1. The molecule has 0 atom stereocenters. The molecule has 0 aliphatic heterocycles. The molecule has 25 heavy (non-hydrogen) atoms. The summed E-state index contributed by atoms with van der Waals surface area (Å²) >= 11 is 0. The first-order valence-corrected chi connectivity index (χ1v) is 8.57. The molecule has 0 heterocycles. The lowest BCUT2D eigenvalue weighted by Gasteiger charge is -2.19. The van der Waals surface area contributed by atoms with Crippen molar-refractivity contribution >= 4 is 18.0 Å². The van der Waals surface area contributed by atoms with Crippen LogP contribution in [-0.2, 0) is 14.3 Å². The van der Waals surface area contributed by atoms with Gasteiger partial charge in [0.1, 0.15) is 5.75 Å². The second-order valence-electron chi connectivity index (χ2n) is 5.35. The SMILES string of the molecule is C=CCN(CCC(=O)OCC)C(=O)/C=C/c1ccccc1OCCC. The van der Waals surface area contributed by atoms with Gasteiger partial charge in [-0.2, -0.15) is 0 Å². The number of carbonyl (C=O) groups is 2. The summed E-state index contributed by atoms with van der Waals surface area (Å²) in [6, 6.07) is 7.56. The lowest BCUT2D eigenvalue weighted by molar-refractivity contribution is -0.143. The van der Waals surface area contributed by atoms with Crippen molar-refractivity contribution in [2.75, 3.05) is 26.3 Å². The molecule has 1 amide bonds. The van der Waals surface area contributed by atoms with Crippen molar-refractivity contribution in [3.8, 4) is 5.75 Å². The molecule has 0 bridgehead atoms. The van der Waals surface area contributed by atoms with Crippen LogP contribution in [0.3, 0.4) is 0 Å². The summed E-state index contributed by atoms with van der Waals surface area (Å²) in [5.41, 5.74) is 0.841. The van der Waals surface area contributed by atoms with Crippen molar-refractivity contribution in [2.24, 2.45) is 0 Å². The quantitative estimate of drug-likeness (QED) is 0.350. The zero-order valence-electron chi connectivity index (χ0n) is 15.1. The number of nitrogens with zero attached hydrogens (tertiary/aromatic N) is 1. The molecule has 0 unspecified atom stereocenters. The molecule has 0 aliphatic carbocycles. The van der Waals surface area contributed by atoms with Gasteiger partial charge in [-0.15, -0.1) is 6.58 Å². The van der Waals surface area contributed by atoms with Crippen LogP contribution in [0.5, 0.6) is 5.75 Å². The molecule has 1 aromatic carbocycles. The van der Waals surface area contributed by atoms with Crippen LogP contribution in [0, 0.1) is 0 Å². The van der Waals surface area contributed by atoms with E-state index in [1.165, 1.54) is 6.08 Å².